The van der Waals surface area contributed by atoms with Gasteiger partial charge in [0.15, 0.2) is 5.96 Å². The van der Waals surface area contributed by atoms with E-state index in [4.69, 9.17) is 25.6 Å². The van der Waals surface area contributed by atoms with Crippen LogP contribution in [-0.4, -0.2) is 36.2 Å². The summed E-state index contributed by atoms with van der Waals surface area (Å²) < 4.78 is 11.6. The summed E-state index contributed by atoms with van der Waals surface area (Å²) in [5.41, 5.74) is 9.01. The SMILES string of the molecule is CCC(C)OCCOc1cccc2nc(-c3ccccc3C)cc(C(=O)NC(=N)N)c12. The molecule has 0 fully saturated rings. The quantitative estimate of drug-likeness (QED) is 0.289. The molecule has 31 heavy (non-hydrogen) atoms. The maximum Gasteiger partial charge on any atom is 0.258 e. The van der Waals surface area contributed by atoms with Gasteiger partial charge in [-0.25, -0.2) is 4.98 Å². The van der Waals surface area contributed by atoms with E-state index in [0.29, 0.717) is 41.1 Å². The van der Waals surface area contributed by atoms with E-state index in [0.717, 1.165) is 17.5 Å². The highest BCUT2D eigenvalue weighted by Gasteiger charge is 2.18. The number of guanidine groups is 1. The number of hydrogen-bond donors (Lipinski definition) is 3. The molecule has 0 aliphatic carbocycles. The van der Waals surface area contributed by atoms with Crippen LogP contribution in [0.5, 0.6) is 5.75 Å². The predicted molar refractivity (Wildman–Crippen MR) is 122 cm³/mol. The molecule has 7 nitrogen and oxygen atoms in total. The molecule has 7 heteroatoms. The summed E-state index contributed by atoms with van der Waals surface area (Å²) in [7, 11) is 0. The summed E-state index contributed by atoms with van der Waals surface area (Å²) in [6, 6.07) is 15.0. The van der Waals surface area contributed by atoms with Crippen molar-refractivity contribution >= 4 is 22.8 Å². The van der Waals surface area contributed by atoms with Crippen LogP contribution in [-0.2, 0) is 4.74 Å². The van der Waals surface area contributed by atoms with Crippen LogP contribution < -0.4 is 15.8 Å². The third-order valence-electron chi connectivity index (χ3n) is 5.03. The van der Waals surface area contributed by atoms with Gasteiger partial charge in [-0.05, 0) is 44.0 Å². The fourth-order valence-electron chi connectivity index (χ4n) is 3.26. The monoisotopic (exact) mass is 420 g/mol. The number of pyridine rings is 1. The molecule has 0 saturated heterocycles. The van der Waals surface area contributed by atoms with Crippen LogP contribution in [0.2, 0.25) is 0 Å². The minimum Gasteiger partial charge on any atom is -0.490 e. The maximum atomic E-state index is 12.9. The number of carbonyl (C=O) groups is 1. The minimum atomic E-state index is -0.485. The van der Waals surface area contributed by atoms with Crippen LogP contribution in [0.25, 0.3) is 22.2 Å². The summed E-state index contributed by atoms with van der Waals surface area (Å²) in [6.07, 6.45) is 1.08. The van der Waals surface area contributed by atoms with Gasteiger partial charge < -0.3 is 15.2 Å². The largest absolute Gasteiger partial charge is 0.490 e. The van der Waals surface area contributed by atoms with Crippen LogP contribution in [0.4, 0.5) is 0 Å². The lowest BCUT2D eigenvalue weighted by molar-refractivity contribution is 0.0429. The topological polar surface area (TPSA) is 110 Å². The number of hydrogen-bond acceptors (Lipinski definition) is 5. The van der Waals surface area contributed by atoms with Crippen molar-refractivity contribution in [3.8, 4) is 17.0 Å². The number of carbonyl (C=O) groups excluding carboxylic acids is 1. The molecule has 1 atom stereocenters. The number of aryl methyl sites for hydroxylation is 1. The Kier molecular flexibility index (Phi) is 7.20. The van der Waals surface area contributed by atoms with Crippen molar-refractivity contribution in [2.75, 3.05) is 13.2 Å². The lowest BCUT2D eigenvalue weighted by Crippen LogP contribution is -2.35. The Morgan fingerprint density at radius 1 is 1.19 bits per heavy atom. The summed E-state index contributed by atoms with van der Waals surface area (Å²) >= 11 is 0. The zero-order valence-corrected chi connectivity index (χ0v) is 18.1. The van der Waals surface area contributed by atoms with Crippen molar-refractivity contribution in [1.29, 1.82) is 5.41 Å². The van der Waals surface area contributed by atoms with Crippen molar-refractivity contribution < 1.29 is 14.3 Å². The zero-order chi connectivity index (χ0) is 22.4. The van der Waals surface area contributed by atoms with Crippen LogP contribution in [0, 0.1) is 12.3 Å². The molecule has 1 aromatic heterocycles. The van der Waals surface area contributed by atoms with Gasteiger partial charge >= 0.3 is 0 Å². The Morgan fingerprint density at radius 3 is 2.68 bits per heavy atom. The van der Waals surface area contributed by atoms with E-state index in [1.165, 1.54) is 0 Å². The van der Waals surface area contributed by atoms with Crippen molar-refractivity contribution in [3.63, 3.8) is 0 Å². The summed E-state index contributed by atoms with van der Waals surface area (Å²) in [4.78, 5) is 17.7. The van der Waals surface area contributed by atoms with Crippen LogP contribution >= 0.6 is 0 Å². The van der Waals surface area contributed by atoms with Crippen molar-refractivity contribution in [1.82, 2.24) is 10.3 Å². The second-order valence-corrected chi connectivity index (χ2v) is 7.33. The van der Waals surface area contributed by atoms with Gasteiger partial charge in [-0.3, -0.25) is 15.5 Å². The van der Waals surface area contributed by atoms with Gasteiger partial charge in [0.25, 0.3) is 5.91 Å². The number of nitrogens with zero attached hydrogens (tertiary/aromatic N) is 1. The van der Waals surface area contributed by atoms with Gasteiger partial charge in [0, 0.05) is 5.56 Å². The highest BCUT2D eigenvalue weighted by atomic mass is 16.5. The molecule has 2 aromatic carbocycles. The lowest BCUT2D eigenvalue weighted by Gasteiger charge is -2.16. The van der Waals surface area contributed by atoms with Gasteiger partial charge in [0.2, 0.25) is 0 Å². The van der Waals surface area contributed by atoms with Gasteiger partial charge in [0.1, 0.15) is 12.4 Å². The molecule has 0 saturated carbocycles. The lowest BCUT2D eigenvalue weighted by atomic mass is 10.00. The van der Waals surface area contributed by atoms with E-state index < -0.39 is 11.9 Å². The molecule has 1 unspecified atom stereocenters. The third-order valence-corrected chi connectivity index (χ3v) is 5.03. The molecule has 4 N–H and O–H groups in total. The minimum absolute atomic E-state index is 0.159. The number of fused-ring (bicyclic) bond motifs is 1. The summed E-state index contributed by atoms with van der Waals surface area (Å²) in [6.45, 7) is 6.85. The fraction of sp³-hybridized carbons (Fsp3) is 0.292. The van der Waals surface area contributed by atoms with Gasteiger partial charge in [-0.1, -0.05) is 37.3 Å². The van der Waals surface area contributed by atoms with E-state index in [2.05, 4.69) is 12.2 Å². The number of nitrogens with one attached hydrogen (secondary N) is 2. The van der Waals surface area contributed by atoms with E-state index >= 15 is 0 Å². The number of rotatable bonds is 8. The average Bonchev–Trinajstić information content (AvgIpc) is 2.75. The van der Waals surface area contributed by atoms with Crippen LogP contribution in [0.15, 0.2) is 48.5 Å². The normalized spacial score (nSPS) is 11.8. The predicted octanol–water partition coefficient (Wildman–Crippen LogP) is 4.03. The first-order chi connectivity index (χ1) is 14.9. The number of benzene rings is 2. The van der Waals surface area contributed by atoms with E-state index in [1.807, 2.05) is 50.2 Å². The Hall–Kier alpha value is -3.45. The second-order valence-electron chi connectivity index (χ2n) is 7.33. The van der Waals surface area contributed by atoms with E-state index in [9.17, 15) is 4.79 Å². The Labute approximate surface area is 182 Å². The molecule has 0 spiro atoms. The fourth-order valence-corrected chi connectivity index (χ4v) is 3.26. The van der Waals surface area contributed by atoms with Crippen molar-refractivity contribution in [2.45, 2.75) is 33.3 Å². The Morgan fingerprint density at radius 2 is 1.97 bits per heavy atom. The number of nitrogens with two attached hydrogens (primary N) is 1. The summed E-state index contributed by atoms with van der Waals surface area (Å²) in [5, 5.41) is 10.4. The van der Waals surface area contributed by atoms with Gasteiger partial charge in [0.05, 0.1) is 34.9 Å². The van der Waals surface area contributed by atoms with E-state index in [-0.39, 0.29) is 6.10 Å². The zero-order valence-electron chi connectivity index (χ0n) is 18.1. The van der Waals surface area contributed by atoms with Gasteiger partial charge in [-0.15, -0.1) is 0 Å². The number of ether oxygens (including phenoxy) is 2. The molecule has 1 heterocycles. The smallest absolute Gasteiger partial charge is 0.258 e. The second kappa shape index (κ2) is 10.0. The average molecular weight is 421 g/mol. The van der Waals surface area contributed by atoms with Crippen molar-refractivity contribution in [2.24, 2.45) is 5.73 Å². The van der Waals surface area contributed by atoms with E-state index in [1.54, 1.807) is 12.1 Å². The molecule has 0 aliphatic heterocycles. The Bertz CT molecular complexity index is 1100. The molecule has 3 aromatic rings. The highest BCUT2D eigenvalue weighted by Crippen LogP contribution is 2.32. The Balaban J connectivity index is 2.05. The molecular formula is C24H28N4O3. The van der Waals surface area contributed by atoms with Crippen LogP contribution in [0.3, 0.4) is 0 Å². The summed E-state index contributed by atoms with van der Waals surface area (Å²) in [5.74, 6) is -0.378. The van der Waals surface area contributed by atoms with Gasteiger partial charge in [-0.2, -0.15) is 0 Å². The maximum absolute atomic E-state index is 12.9. The first-order valence-electron chi connectivity index (χ1n) is 10.3. The van der Waals surface area contributed by atoms with Crippen molar-refractivity contribution in [3.05, 3.63) is 59.7 Å². The standard InChI is InChI=1S/C24H28N4O3/c1-4-16(3)30-12-13-31-21-11-7-10-19-22(21)18(23(29)28-24(25)26)14-20(27-19)17-9-6-5-8-15(17)2/h5-11,14,16H,4,12-13H2,1-3H3,(H4,25,26,28,29). The molecule has 0 radical (unpaired) electrons. The molecule has 0 bridgehead atoms. The molecule has 162 valence electrons. The van der Waals surface area contributed by atoms with Crippen LogP contribution in [0.1, 0.15) is 36.2 Å². The first kappa shape index (κ1) is 22.2. The molecule has 0 aliphatic rings. The number of aromatic nitrogens is 1. The molecular weight excluding hydrogens is 392 g/mol. The highest BCUT2D eigenvalue weighted by molar-refractivity contribution is 6.13. The molecule has 3 rings (SSSR count). The first-order valence-corrected chi connectivity index (χ1v) is 10.3. The third kappa shape index (κ3) is 5.38. The number of amides is 1. The molecule has 1 amide bonds.